The van der Waals surface area contributed by atoms with Crippen molar-refractivity contribution in [2.45, 2.75) is 25.5 Å². The van der Waals surface area contributed by atoms with Gasteiger partial charge in [0.05, 0.1) is 0 Å². The Kier molecular flexibility index (Phi) is 5.69. The third-order valence-electron chi connectivity index (χ3n) is 3.14. The molecule has 0 fully saturated rings. The standard InChI is InChI=1S/C16H17ClINO/c1-2-15(19)16(11-3-5-12(17)6-4-11)20-14-9-7-13(18)8-10-14/h3-10,15-16H,2,19H2,1H3. The lowest BCUT2D eigenvalue weighted by molar-refractivity contribution is 0.171. The van der Waals surface area contributed by atoms with Crippen molar-refractivity contribution >= 4 is 34.2 Å². The smallest absolute Gasteiger partial charge is 0.139 e. The number of halogens is 2. The van der Waals surface area contributed by atoms with E-state index in [0.717, 1.165) is 17.7 Å². The molecule has 2 nitrogen and oxygen atoms in total. The van der Waals surface area contributed by atoms with Crippen LogP contribution in [0.15, 0.2) is 48.5 Å². The molecular formula is C16H17ClINO. The van der Waals surface area contributed by atoms with Crippen LogP contribution in [-0.2, 0) is 0 Å². The van der Waals surface area contributed by atoms with Crippen LogP contribution in [-0.4, -0.2) is 6.04 Å². The predicted molar refractivity (Wildman–Crippen MR) is 92.2 cm³/mol. The Hall–Kier alpha value is -0.780. The Morgan fingerprint density at radius 2 is 1.70 bits per heavy atom. The molecule has 0 saturated carbocycles. The highest BCUT2D eigenvalue weighted by Crippen LogP contribution is 2.27. The molecule has 106 valence electrons. The molecule has 2 unspecified atom stereocenters. The number of nitrogens with two attached hydrogens (primary N) is 1. The van der Waals surface area contributed by atoms with E-state index < -0.39 is 0 Å². The monoisotopic (exact) mass is 401 g/mol. The van der Waals surface area contributed by atoms with Gasteiger partial charge in [0.2, 0.25) is 0 Å². The summed E-state index contributed by atoms with van der Waals surface area (Å²) in [5.41, 5.74) is 7.25. The lowest BCUT2D eigenvalue weighted by Crippen LogP contribution is -2.31. The lowest BCUT2D eigenvalue weighted by Gasteiger charge is -2.25. The molecule has 2 atom stereocenters. The van der Waals surface area contributed by atoms with Gasteiger partial charge in [-0.05, 0) is 71.0 Å². The van der Waals surface area contributed by atoms with Gasteiger partial charge in [0, 0.05) is 14.6 Å². The molecule has 0 bridgehead atoms. The number of benzene rings is 2. The molecule has 0 radical (unpaired) electrons. The topological polar surface area (TPSA) is 35.2 Å². The van der Waals surface area contributed by atoms with Gasteiger partial charge >= 0.3 is 0 Å². The van der Waals surface area contributed by atoms with Gasteiger partial charge in [-0.2, -0.15) is 0 Å². The van der Waals surface area contributed by atoms with Crippen LogP contribution in [0.3, 0.4) is 0 Å². The summed E-state index contributed by atoms with van der Waals surface area (Å²) in [6, 6.07) is 15.6. The number of hydrogen-bond donors (Lipinski definition) is 1. The summed E-state index contributed by atoms with van der Waals surface area (Å²) in [4.78, 5) is 0. The summed E-state index contributed by atoms with van der Waals surface area (Å²) in [6.45, 7) is 2.06. The number of rotatable bonds is 5. The minimum atomic E-state index is -0.169. The van der Waals surface area contributed by atoms with Gasteiger partial charge in [-0.3, -0.25) is 0 Å². The Balaban J connectivity index is 2.23. The van der Waals surface area contributed by atoms with E-state index in [1.807, 2.05) is 48.5 Å². The third-order valence-corrected chi connectivity index (χ3v) is 4.11. The average Bonchev–Trinajstić information content (AvgIpc) is 2.47. The van der Waals surface area contributed by atoms with Crippen molar-refractivity contribution in [2.75, 3.05) is 0 Å². The SMILES string of the molecule is CCC(N)C(Oc1ccc(I)cc1)c1ccc(Cl)cc1. The largest absolute Gasteiger partial charge is 0.484 e. The first-order valence-electron chi connectivity index (χ1n) is 6.53. The summed E-state index contributed by atoms with van der Waals surface area (Å²) in [5, 5.41) is 0.715. The van der Waals surface area contributed by atoms with Gasteiger partial charge in [0.1, 0.15) is 11.9 Å². The van der Waals surface area contributed by atoms with Crippen LogP contribution in [0.1, 0.15) is 25.0 Å². The van der Waals surface area contributed by atoms with E-state index in [2.05, 4.69) is 29.5 Å². The third kappa shape index (κ3) is 4.11. The average molecular weight is 402 g/mol. The van der Waals surface area contributed by atoms with E-state index >= 15 is 0 Å². The first kappa shape index (κ1) is 15.6. The number of hydrogen-bond acceptors (Lipinski definition) is 2. The Morgan fingerprint density at radius 3 is 2.25 bits per heavy atom. The quantitative estimate of drug-likeness (QED) is 0.730. The van der Waals surface area contributed by atoms with Gasteiger partial charge in [0.15, 0.2) is 0 Å². The molecule has 2 rings (SSSR count). The zero-order valence-corrected chi connectivity index (χ0v) is 14.1. The minimum Gasteiger partial charge on any atom is -0.484 e. The maximum absolute atomic E-state index is 6.21. The first-order valence-corrected chi connectivity index (χ1v) is 7.99. The predicted octanol–water partition coefficient (Wildman–Crippen LogP) is 4.80. The summed E-state index contributed by atoms with van der Waals surface area (Å²) < 4.78 is 7.26. The molecule has 4 heteroatoms. The van der Waals surface area contributed by atoms with Crippen LogP contribution in [0, 0.1) is 3.57 Å². The molecule has 0 spiro atoms. The van der Waals surface area contributed by atoms with Crippen LogP contribution in [0.25, 0.3) is 0 Å². The van der Waals surface area contributed by atoms with Crippen molar-refractivity contribution < 1.29 is 4.74 Å². The van der Waals surface area contributed by atoms with Crippen molar-refractivity contribution in [3.05, 3.63) is 62.7 Å². The Bertz CT molecular complexity index is 541. The molecule has 20 heavy (non-hydrogen) atoms. The normalized spacial score (nSPS) is 13.8. The van der Waals surface area contributed by atoms with E-state index in [-0.39, 0.29) is 12.1 Å². The van der Waals surface area contributed by atoms with Crippen LogP contribution in [0.4, 0.5) is 0 Å². The van der Waals surface area contributed by atoms with Crippen molar-refractivity contribution in [1.82, 2.24) is 0 Å². The molecule has 0 amide bonds. The molecule has 2 N–H and O–H groups in total. The summed E-state index contributed by atoms with van der Waals surface area (Å²) in [5.74, 6) is 0.828. The summed E-state index contributed by atoms with van der Waals surface area (Å²) >= 11 is 8.21. The van der Waals surface area contributed by atoms with Gasteiger partial charge in [-0.15, -0.1) is 0 Å². The van der Waals surface area contributed by atoms with Crippen LogP contribution < -0.4 is 10.5 Å². The molecule has 0 saturated heterocycles. The highest BCUT2D eigenvalue weighted by Gasteiger charge is 2.20. The van der Waals surface area contributed by atoms with Crippen molar-refractivity contribution in [3.8, 4) is 5.75 Å². The van der Waals surface area contributed by atoms with Gasteiger partial charge in [-0.25, -0.2) is 0 Å². The van der Waals surface area contributed by atoms with E-state index in [1.165, 1.54) is 3.57 Å². The Morgan fingerprint density at radius 1 is 1.10 bits per heavy atom. The molecule has 0 aliphatic carbocycles. The van der Waals surface area contributed by atoms with Crippen molar-refractivity contribution in [3.63, 3.8) is 0 Å². The zero-order valence-electron chi connectivity index (χ0n) is 11.2. The van der Waals surface area contributed by atoms with Crippen molar-refractivity contribution in [1.29, 1.82) is 0 Å². The molecule has 0 aliphatic heterocycles. The molecule has 2 aromatic rings. The first-order chi connectivity index (χ1) is 9.60. The highest BCUT2D eigenvalue weighted by atomic mass is 127. The second kappa shape index (κ2) is 7.29. The molecule has 2 aromatic carbocycles. The fourth-order valence-corrected chi connectivity index (χ4v) is 2.41. The molecular weight excluding hydrogens is 385 g/mol. The Labute approximate surface area is 138 Å². The van der Waals surface area contributed by atoms with E-state index in [9.17, 15) is 0 Å². The molecule has 0 heterocycles. The van der Waals surface area contributed by atoms with Gasteiger partial charge < -0.3 is 10.5 Å². The van der Waals surface area contributed by atoms with Gasteiger partial charge in [-0.1, -0.05) is 30.7 Å². The van der Waals surface area contributed by atoms with Crippen LogP contribution in [0.2, 0.25) is 5.02 Å². The second-order valence-corrected chi connectivity index (χ2v) is 6.30. The molecule has 0 aromatic heterocycles. The van der Waals surface area contributed by atoms with E-state index in [0.29, 0.717) is 5.02 Å². The second-order valence-electron chi connectivity index (χ2n) is 4.62. The fourth-order valence-electron chi connectivity index (χ4n) is 1.93. The maximum atomic E-state index is 6.21. The lowest BCUT2D eigenvalue weighted by atomic mass is 10.0. The van der Waals surface area contributed by atoms with E-state index in [1.54, 1.807) is 0 Å². The molecule has 0 aliphatic rings. The summed E-state index contributed by atoms with van der Waals surface area (Å²) in [6.07, 6.45) is 0.676. The van der Waals surface area contributed by atoms with Crippen molar-refractivity contribution in [2.24, 2.45) is 5.73 Å². The fraction of sp³-hybridized carbons (Fsp3) is 0.250. The van der Waals surface area contributed by atoms with Crippen LogP contribution >= 0.6 is 34.2 Å². The summed E-state index contributed by atoms with van der Waals surface area (Å²) in [7, 11) is 0. The maximum Gasteiger partial charge on any atom is 0.139 e. The van der Waals surface area contributed by atoms with Crippen LogP contribution in [0.5, 0.6) is 5.75 Å². The van der Waals surface area contributed by atoms with Gasteiger partial charge in [0.25, 0.3) is 0 Å². The highest BCUT2D eigenvalue weighted by molar-refractivity contribution is 14.1. The minimum absolute atomic E-state index is 0.0598. The number of ether oxygens (including phenoxy) is 1. The zero-order chi connectivity index (χ0) is 14.5. The van der Waals surface area contributed by atoms with E-state index in [4.69, 9.17) is 22.1 Å².